The van der Waals surface area contributed by atoms with Crippen molar-refractivity contribution >= 4 is 5.78 Å². The zero-order valence-electron chi connectivity index (χ0n) is 24.3. The number of nitrogens with one attached hydrogen (secondary N) is 1. The van der Waals surface area contributed by atoms with Crippen LogP contribution in [0.4, 0.5) is 22.0 Å². The van der Waals surface area contributed by atoms with Crippen molar-refractivity contribution in [1.29, 1.82) is 0 Å². The van der Waals surface area contributed by atoms with Gasteiger partial charge in [-0.3, -0.25) is 4.79 Å². The fourth-order valence-electron chi connectivity index (χ4n) is 8.69. The third kappa shape index (κ3) is 4.98. The van der Waals surface area contributed by atoms with Crippen molar-refractivity contribution in [2.45, 2.75) is 88.5 Å². The molecule has 43 heavy (non-hydrogen) atoms. The Kier molecular flexibility index (Phi) is 7.69. The molecule has 0 aliphatic heterocycles. The Morgan fingerprint density at radius 2 is 1.65 bits per heavy atom. The van der Waals surface area contributed by atoms with Crippen LogP contribution >= 0.6 is 0 Å². The van der Waals surface area contributed by atoms with Crippen LogP contribution in [0.5, 0.6) is 0 Å². The first-order valence-electron chi connectivity index (χ1n) is 15.3. The predicted octanol–water partition coefficient (Wildman–Crippen LogP) is 7.85. The molecule has 2 saturated carbocycles. The van der Waals surface area contributed by atoms with Gasteiger partial charge in [0.15, 0.2) is 5.78 Å². The molecular weight excluding hydrogens is 561 g/mol. The number of rotatable bonds is 7. The molecule has 0 amide bonds. The second kappa shape index (κ2) is 11.0. The zero-order chi connectivity index (χ0) is 30.6. The highest BCUT2D eigenvalue weighted by Crippen LogP contribution is 2.70. The van der Waals surface area contributed by atoms with Crippen molar-refractivity contribution in [3.8, 4) is 0 Å². The molecule has 6 rings (SSSR count). The normalized spacial score (nSPS) is 30.9. The largest absolute Gasteiger partial charge is 0.456 e. The van der Waals surface area contributed by atoms with E-state index in [1.54, 1.807) is 6.08 Å². The molecule has 4 aliphatic rings. The Morgan fingerprint density at radius 3 is 2.35 bits per heavy atom. The molecule has 2 aromatic carbocycles. The highest BCUT2D eigenvalue weighted by atomic mass is 19.4. The van der Waals surface area contributed by atoms with Crippen LogP contribution in [0.3, 0.4) is 0 Å². The summed E-state index contributed by atoms with van der Waals surface area (Å²) in [5, 5.41) is 14.9. The number of halogens is 5. The minimum atomic E-state index is -5.85. The van der Waals surface area contributed by atoms with E-state index in [0.717, 1.165) is 40.8 Å². The Balaban J connectivity index is 1.32. The summed E-state index contributed by atoms with van der Waals surface area (Å²) in [5.74, 6) is -6.31. The molecule has 0 radical (unpaired) electrons. The number of hydrogen-bond donors (Lipinski definition) is 2. The molecule has 0 spiro atoms. The second-order valence-electron chi connectivity index (χ2n) is 13.1. The number of aliphatic hydroxyl groups is 1. The minimum Gasteiger partial charge on any atom is -0.383 e. The van der Waals surface area contributed by atoms with Crippen LogP contribution in [-0.4, -0.2) is 35.1 Å². The van der Waals surface area contributed by atoms with Crippen molar-refractivity contribution < 1.29 is 31.9 Å². The van der Waals surface area contributed by atoms with Crippen LogP contribution in [0.1, 0.15) is 74.5 Å². The van der Waals surface area contributed by atoms with Crippen molar-refractivity contribution in [3.05, 3.63) is 94.1 Å². The molecule has 0 saturated heterocycles. The summed E-state index contributed by atoms with van der Waals surface area (Å²) < 4.78 is 71.7. The molecule has 8 heteroatoms. The highest BCUT2D eigenvalue weighted by Gasteiger charge is 2.79. The smallest absolute Gasteiger partial charge is 0.383 e. The molecule has 0 aromatic heterocycles. The van der Waals surface area contributed by atoms with Gasteiger partial charge in [-0.2, -0.15) is 22.0 Å². The van der Waals surface area contributed by atoms with E-state index in [9.17, 15) is 23.1 Å². The summed E-state index contributed by atoms with van der Waals surface area (Å²) in [7, 11) is 0. The Hall–Kier alpha value is -2.84. The van der Waals surface area contributed by atoms with Crippen LogP contribution < -0.4 is 5.32 Å². The number of carbonyl (C=O) groups excluding carboxylic acids is 1. The van der Waals surface area contributed by atoms with Gasteiger partial charge in [0.1, 0.15) is 5.60 Å². The van der Waals surface area contributed by atoms with Crippen molar-refractivity contribution in [1.82, 2.24) is 5.32 Å². The molecule has 4 aliphatic carbocycles. The number of alkyl halides is 5. The van der Waals surface area contributed by atoms with Gasteiger partial charge in [-0.15, -0.1) is 0 Å². The van der Waals surface area contributed by atoms with Crippen LogP contribution in [0.25, 0.3) is 0 Å². The monoisotopic (exact) mass is 599 g/mol. The van der Waals surface area contributed by atoms with Crippen molar-refractivity contribution in [2.75, 3.05) is 6.54 Å². The van der Waals surface area contributed by atoms with Gasteiger partial charge in [0, 0.05) is 24.3 Å². The standard InChI is InChI=1S/C35H38F5NO2/c1-32-20-29(24-9-7-23(8-10-24)21-41-18-16-22-5-3-2-4-6-22)31-27-14-12-26(42)19-25(27)11-13-28(31)30(32)15-17-33(32,43)34(36,37)35(38,39)40/h2-10,19,28-30,41,43H,11-18,20-21H2,1H3/t28-,29+,30-,32-,33+/m0/s1. The van der Waals surface area contributed by atoms with Gasteiger partial charge in [-0.25, -0.2) is 0 Å². The number of ketones is 1. The third-order valence-corrected chi connectivity index (χ3v) is 10.9. The summed E-state index contributed by atoms with van der Waals surface area (Å²) in [6.07, 6.45) is -1.67. The van der Waals surface area contributed by atoms with Gasteiger partial charge in [0.2, 0.25) is 0 Å². The summed E-state index contributed by atoms with van der Waals surface area (Å²) in [5.41, 5.74) is 1.43. The average molecular weight is 600 g/mol. The van der Waals surface area contributed by atoms with Gasteiger partial charge >= 0.3 is 12.1 Å². The Labute approximate surface area is 249 Å². The lowest BCUT2D eigenvalue weighted by Gasteiger charge is -2.56. The lowest BCUT2D eigenvalue weighted by atomic mass is 9.50. The Bertz CT molecular complexity index is 1430. The first kappa shape index (κ1) is 30.2. The maximum absolute atomic E-state index is 15.2. The summed E-state index contributed by atoms with van der Waals surface area (Å²) in [4.78, 5) is 12.3. The number of benzene rings is 2. The molecule has 3 nitrogen and oxygen atoms in total. The molecule has 5 atom stereocenters. The van der Waals surface area contributed by atoms with E-state index in [2.05, 4.69) is 17.4 Å². The molecule has 0 heterocycles. The SMILES string of the molecule is C[C@]12C[C@H](c3ccc(CNCCc4ccccc4)cc3)C3=C4CCC(=O)C=C4CC[C@H]3[C@@H]1CC[C@]2(O)C(F)(F)C(F)(F)F. The fourth-order valence-corrected chi connectivity index (χ4v) is 8.69. The van der Waals surface area contributed by atoms with Gasteiger partial charge in [0.05, 0.1) is 0 Å². The lowest BCUT2D eigenvalue weighted by molar-refractivity contribution is -0.362. The van der Waals surface area contributed by atoms with Gasteiger partial charge in [-0.1, -0.05) is 67.1 Å². The van der Waals surface area contributed by atoms with Crippen LogP contribution in [-0.2, 0) is 17.8 Å². The first-order valence-corrected chi connectivity index (χ1v) is 15.3. The summed E-state index contributed by atoms with van der Waals surface area (Å²) in [6, 6.07) is 18.0. The van der Waals surface area contributed by atoms with Crippen LogP contribution in [0.2, 0.25) is 0 Å². The van der Waals surface area contributed by atoms with Crippen LogP contribution in [0.15, 0.2) is 77.4 Å². The third-order valence-electron chi connectivity index (χ3n) is 10.9. The van der Waals surface area contributed by atoms with Gasteiger partial charge < -0.3 is 10.4 Å². The van der Waals surface area contributed by atoms with Crippen LogP contribution in [0, 0.1) is 17.3 Å². The molecule has 0 unspecified atom stereocenters. The molecule has 0 bridgehead atoms. The van der Waals surface area contributed by atoms with E-state index < -0.39 is 41.4 Å². The fraction of sp³-hybridized carbons (Fsp3) is 0.514. The molecule has 2 fully saturated rings. The zero-order valence-corrected chi connectivity index (χ0v) is 24.3. The maximum atomic E-state index is 15.2. The molecule has 2 aromatic rings. The van der Waals surface area contributed by atoms with E-state index in [-0.39, 0.29) is 24.5 Å². The average Bonchev–Trinajstić information content (AvgIpc) is 3.26. The van der Waals surface area contributed by atoms with E-state index in [1.165, 1.54) is 12.5 Å². The summed E-state index contributed by atoms with van der Waals surface area (Å²) in [6.45, 7) is 2.89. The predicted molar refractivity (Wildman–Crippen MR) is 155 cm³/mol. The maximum Gasteiger partial charge on any atom is 0.456 e. The van der Waals surface area contributed by atoms with E-state index >= 15 is 8.78 Å². The van der Waals surface area contributed by atoms with E-state index in [1.807, 2.05) is 42.5 Å². The lowest BCUT2D eigenvalue weighted by Crippen LogP contribution is -2.65. The molecule has 230 valence electrons. The number of allylic oxidation sites excluding steroid dienone is 4. The van der Waals surface area contributed by atoms with E-state index in [4.69, 9.17) is 0 Å². The topological polar surface area (TPSA) is 49.3 Å². The molecule has 2 N–H and O–H groups in total. The van der Waals surface area contributed by atoms with E-state index in [0.29, 0.717) is 32.2 Å². The first-order chi connectivity index (χ1) is 20.4. The highest BCUT2D eigenvalue weighted by molar-refractivity contribution is 5.93. The quantitative estimate of drug-likeness (QED) is 0.252. The number of hydrogen-bond acceptors (Lipinski definition) is 3. The second-order valence-corrected chi connectivity index (χ2v) is 13.1. The molecular formula is C35H38F5NO2. The number of fused-ring (bicyclic) bond motifs is 4. The van der Waals surface area contributed by atoms with Crippen molar-refractivity contribution in [2.24, 2.45) is 17.3 Å². The van der Waals surface area contributed by atoms with Gasteiger partial charge in [-0.05, 0) is 97.2 Å². The minimum absolute atomic E-state index is 0.00886. The Morgan fingerprint density at radius 1 is 0.930 bits per heavy atom. The summed E-state index contributed by atoms with van der Waals surface area (Å²) >= 11 is 0. The number of carbonyl (C=O) groups is 1. The van der Waals surface area contributed by atoms with Gasteiger partial charge in [0.25, 0.3) is 0 Å². The van der Waals surface area contributed by atoms with Crippen molar-refractivity contribution in [3.63, 3.8) is 0 Å².